The first kappa shape index (κ1) is 23.9. The summed E-state index contributed by atoms with van der Waals surface area (Å²) in [5, 5.41) is 2.83. The molecule has 2 rings (SSSR count). The third-order valence-corrected chi connectivity index (χ3v) is 5.68. The van der Waals surface area contributed by atoms with Gasteiger partial charge < -0.3 is 9.47 Å². The van der Waals surface area contributed by atoms with Crippen LogP contribution in [0.1, 0.15) is 90.9 Å². The second kappa shape index (κ2) is 14.6. The van der Waals surface area contributed by atoms with Crippen LogP contribution in [0.2, 0.25) is 5.02 Å². The predicted octanol–water partition coefficient (Wildman–Crippen LogP) is 8.97. The molecule has 2 aromatic rings. The predicted molar refractivity (Wildman–Crippen MR) is 127 cm³/mol. The van der Waals surface area contributed by atoms with E-state index in [0.717, 1.165) is 29.4 Å². The van der Waals surface area contributed by atoms with Crippen LogP contribution in [0.3, 0.4) is 0 Å². The van der Waals surface area contributed by atoms with Crippen molar-refractivity contribution in [1.29, 1.82) is 0 Å². The quantitative estimate of drug-likeness (QED) is 0.253. The first-order valence-electron chi connectivity index (χ1n) is 11.7. The summed E-state index contributed by atoms with van der Waals surface area (Å²) in [6.45, 7) is 5.90. The number of benzene rings is 2. The minimum atomic E-state index is 0.646. The molecule has 2 nitrogen and oxygen atoms in total. The summed E-state index contributed by atoms with van der Waals surface area (Å²) < 4.78 is 12.4. The minimum Gasteiger partial charge on any atom is -0.489 e. The van der Waals surface area contributed by atoms with Gasteiger partial charge in [-0.1, -0.05) is 114 Å². The van der Waals surface area contributed by atoms with Crippen molar-refractivity contribution in [2.45, 2.75) is 90.9 Å². The molecule has 29 heavy (non-hydrogen) atoms. The Morgan fingerprint density at radius 3 is 1.79 bits per heavy atom. The van der Waals surface area contributed by atoms with Crippen molar-refractivity contribution in [3.63, 3.8) is 0 Å². The van der Waals surface area contributed by atoms with Crippen molar-refractivity contribution in [3.8, 4) is 11.5 Å². The van der Waals surface area contributed by atoms with Crippen molar-refractivity contribution in [1.82, 2.24) is 0 Å². The highest BCUT2D eigenvalue weighted by Gasteiger charge is 2.15. The van der Waals surface area contributed by atoms with Crippen LogP contribution in [-0.2, 0) is 0 Å². The molecule has 0 atom stereocenters. The molecule has 0 fully saturated rings. The van der Waals surface area contributed by atoms with Gasteiger partial charge in [-0.2, -0.15) is 0 Å². The molecular weight excluding hydrogens is 380 g/mol. The van der Waals surface area contributed by atoms with E-state index in [4.69, 9.17) is 21.1 Å². The first-order valence-corrected chi connectivity index (χ1v) is 12.1. The molecule has 162 valence electrons. The van der Waals surface area contributed by atoms with Gasteiger partial charge in [-0.15, -0.1) is 0 Å². The Morgan fingerprint density at radius 2 is 1.17 bits per heavy atom. The molecule has 0 spiro atoms. The van der Waals surface area contributed by atoms with E-state index >= 15 is 0 Å². The fourth-order valence-corrected chi connectivity index (χ4v) is 3.91. The number of ether oxygens (including phenoxy) is 2. The topological polar surface area (TPSA) is 18.5 Å². The Morgan fingerprint density at radius 1 is 0.655 bits per heavy atom. The second-order valence-corrected chi connectivity index (χ2v) is 8.38. The summed E-state index contributed by atoms with van der Waals surface area (Å²) in [6, 6.07) is 10.2. The molecule has 0 aromatic heterocycles. The zero-order chi connectivity index (χ0) is 20.7. The lowest BCUT2D eigenvalue weighted by molar-refractivity contribution is 0.261. The number of unbranched alkanes of at least 4 members (excludes halogenated alkanes) is 10. The van der Waals surface area contributed by atoms with Crippen molar-refractivity contribution < 1.29 is 9.47 Å². The van der Waals surface area contributed by atoms with Gasteiger partial charge in [0.15, 0.2) is 11.5 Å². The van der Waals surface area contributed by atoms with Crippen molar-refractivity contribution in [3.05, 3.63) is 35.4 Å². The van der Waals surface area contributed by atoms with Gasteiger partial charge in [0.25, 0.3) is 0 Å². The summed E-state index contributed by atoms with van der Waals surface area (Å²) >= 11 is 6.58. The lowest BCUT2D eigenvalue weighted by Crippen LogP contribution is -2.04. The highest BCUT2D eigenvalue weighted by atomic mass is 35.5. The Kier molecular flexibility index (Phi) is 12.0. The second-order valence-electron chi connectivity index (χ2n) is 7.97. The summed E-state index contributed by atoms with van der Waals surface area (Å²) in [7, 11) is 0. The average Bonchev–Trinajstić information content (AvgIpc) is 2.73. The summed E-state index contributed by atoms with van der Waals surface area (Å²) in [6.07, 6.45) is 15.0. The van der Waals surface area contributed by atoms with Gasteiger partial charge in [-0.25, -0.2) is 0 Å². The molecule has 0 unspecified atom stereocenters. The molecular formula is C26H39ClO2. The van der Waals surface area contributed by atoms with E-state index in [1.165, 1.54) is 64.2 Å². The van der Waals surface area contributed by atoms with E-state index in [9.17, 15) is 0 Å². The average molecular weight is 419 g/mol. The number of hydrogen-bond acceptors (Lipinski definition) is 2. The lowest BCUT2D eigenvalue weighted by Gasteiger charge is -2.17. The minimum absolute atomic E-state index is 0.646. The molecule has 0 aliphatic heterocycles. The van der Waals surface area contributed by atoms with Crippen LogP contribution in [0.5, 0.6) is 11.5 Å². The smallest absolute Gasteiger partial charge is 0.180 e. The maximum Gasteiger partial charge on any atom is 0.180 e. The van der Waals surface area contributed by atoms with Gasteiger partial charge in [-0.3, -0.25) is 0 Å². The van der Waals surface area contributed by atoms with Crippen LogP contribution in [0.15, 0.2) is 30.3 Å². The molecule has 0 amide bonds. The van der Waals surface area contributed by atoms with Crippen LogP contribution in [0, 0.1) is 0 Å². The number of rotatable bonds is 16. The molecule has 0 radical (unpaired) electrons. The number of halogens is 1. The van der Waals surface area contributed by atoms with Crippen molar-refractivity contribution in [2.75, 3.05) is 13.2 Å². The van der Waals surface area contributed by atoms with Gasteiger partial charge >= 0.3 is 0 Å². The fraction of sp³-hybridized carbons (Fsp3) is 0.615. The van der Waals surface area contributed by atoms with Gasteiger partial charge in [0.1, 0.15) is 0 Å². The zero-order valence-corrected chi connectivity index (χ0v) is 19.2. The van der Waals surface area contributed by atoms with E-state index in [0.29, 0.717) is 24.0 Å². The highest BCUT2D eigenvalue weighted by Crippen LogP contribution is 2.42. The molecule has 3 heteroatoms. The Labute approximate surface area is 182 Å². The Hall–Kier alpha value is -1.41. The summed E-state index contributed by atoms with van der Waals surface area (Å²) in [5.74, 6) is 1.53. The maximum atomic E-state index is 6.58. The van der Waals surface area contributed by atoms with E-state index in [2.05, 4.69) is 26.0 Å². The lowest BCUT2D eigenvalue weighted by atomic mass is 10.1. The monoisotopic (exact) mass is 418 g/mol. The summed E-state index contributed by atoms with van der Waals surface area (Å²) in [5.41, 5.74) is 0. The zero-order valence-electron chi connectivity index (χ0n) is 18.5. The van der Waals surface area contributed by atoms with Gasteiger partial charge in [0, 0.05) is 5.39 Å². The third kappa shape index (κ3) is 8.46. The largest absolute Gasteiger partial charge is 0.489 e. The highest BCUT2D eigenvalue weighted by molar-refractivity contribution is 6.33. The number of hydrogen-bond donors (Lipinski definition) is 0. The SMILES string of the molecule is CCCCCCCCOc1c(Cl)cc2ccccc2c1OCCCCCCCC. The van der Waals surface area contributed by atoms with Crippen LogP contribution < -0.4 is 9.47 Å². The van der Waals surface area contributed by atoms with Gasteiger partial charge in [0.2, 0.25) is 0 Å². The van der Waals surface area contributed by atoms with Crippen LogP contribution in [-0.4, -0.2) is 13.2 Å². The standard InChI is InChI=1S/C26H39ClO2/c1-3-5-7-9-11-15-19-28-25-23-18-14-13-17-22(23)21-24(27)26(25)29-20-16-12-10-8-6-4-2/h13-14,17-18,21H,3-12,15-16,19-20H2,1-2H3. The fourth-order valence-electron chi connectivity index (χ4n) is 3.65. The van der Waals surface area contributed by atoms with Crippen molar-refractivity contribution in [2.24, 2.45) is 0 Å². The van der Waals surface area contributed by atoms with Crippen LogP contribution >= 0.6 is 11.6 Å². The van der Waals surface area contributed by atoms with E-state index < -0.39 is 0 Å². The first-order chi connectivity index (χ1) is 14.3. The van der Waals surface area contributed by atoms with Gasteiger partial charge in [-0.05, 0) is 24.3 Å². The van der Waals surface area contributed by atoms with E-state index in [-0.39, 0.29) is 0 Å². The van der Waals surface area contributed by atoms with E-state index in [1.54, 1.807) is 0 Å². The normalized spacial score (nSPS) is 11.1. The molecule has 2 aromatic carbocycles. The molecule has 0 heterocycles. The molecule has 0 N–H and O–H groups in total. The third-order valence-electron chi connectivity index (χ3n) is 5.40. The molecule has 0 saturated heterocycles. The number of fused-ring (bicyclic) bond motifs is 1. The molecule has 0 bridgehead atoms. The maximum absolute atomic E-state index is 6.58. The molecule has 0 aliphatic carbocycles. The Balaban J connectivity index is 1.95. The Bertz CT molecular complexity index is 698. The molecule has 0 saturated carbocycles. The van der Waals surface area contributed by atoms with Gasteiger partial charge in [0.05, 0.1) is 18.2 Å². The molecule has 0 aliphatic rings. The van der Waals surface area contributed by atoms with Crippen LogP contribution in [0.25, 0.3) is 10.8 Å². The summed E-state index contributed by atoms with van der Waals surface area (Å²) in [4.78, 5) is 0. The van der Waals surface area contributed by atoms with Crippen LogP contribution in [0.4, 0.5) is 0 Å². The van der Waals surface area contributed by atoms with Crippen molar-refractivity contribution >= 4 is 22.4 Å². The van der Waals surface area contributed by atoms with E-state index in [1.807, 2.05) is 18.2 Å².